The number of aliphatic hydroxyl groups is 2. The molecule has 1 saturated heterocycles. The summed E-state index contributed by atoms with van der Waals surface area (Å²) in [5.74, 6) is 0. The van der Waals surface area contributed by atoms with Crippen molar-refractivity contribution in [2.24, 2.45) is 0 Å². The minimum absolute atomic E-state index is 0.300. The fourth-order valence-corrected chi connectivity index (χ4v) is 3.38. The molecule has 2 aromatic rings. The molecule has 1 aliphatic heterocycles. The summed E-state index contributed by atoms with van der Waals surface area (Å²) in [6, 6.07) is 16.1. The molecular formula is C22H28N2O3. The fraction of sp³-hybridized carbons (Fsp3) is 0.409. The Morgan fingerprint density at radius 1 is 0.741 bits per heavy atom. The van der Waals surface area contributed by atoms with Crippen molar-refractivity contribution in [3.63, 3.8) is 0 Å². The van der Waals surface area contributed by atoms with Crippen LogP contribution in [0.4, 0.5) is 4.79 Å². The van der Waals surface area contributed by atoms with Gasteiger partial charge in [0.05, 0.1) is 0 Å². The molecule has 0 aliphatic carbocycles. The van der Waals surface area contributed by atoms with Crippen LogP contribution >= 0.6 is 0 Å². The number of hydrogen-bond acceptors (Lipinski definition) is 3. The van der Waals surface area contributed by atoms with Crippen LogP contribution in [0.5, 0.6) is 0 Å². The Balaban J connectivity index is 1.53. The molecule has 0 spiro atoms. The molecule has 144 valence electrons. The lowest BCUT2D eigenvalue weighted by molar-refractivity contribution is -0.0659. The normalized spacial score (nSPS) is 19.8. The second-order valence-electron chi connectivity index (χ2n) is 7.32. The Morgan fingerprint density at radius 2 is 1.19 bits per heavy atom. The van der Waals surface area contributed by atoms with E-state index in [1.165, 1.54) is 26.5 Å². The highest BCUT2D eigenvalue weighted by atomic mass is 16.4. The van der Waals surface area contributed by atoms with Crippen molar-refractivity contribution >= 4 is 6.03 Å². The molecule has 1 aliphatic rings. The highest BCUT2D eigenvalue weighted by Crippen LogP contribution is 2.21. The van der Waals surface area contributed by atoms with Crippen molar-refractivity contribution in [3.8, 4) is 0 Å². The maximum atomic E-state index is 12.6. The zero-order valence-corrected chi connectivity index (χ0v) is 16.0. The van der Waals surface area contributed by atoms with Gasteiger partial charge < -0.3 is 10.2 Å². The molecule has 2 N–H and O–H groups in total. The van der Waals surface area contributed by atoms with Gasteiger partial charge in [0.2, 0.25) is 0 Å². The quantitative estimate of drug-likeness (QED) is 0.790. The van der Waals surface area contributed by atoms with Gasteiger partial charge in [0.1, 0.15) is 0 Å². The smallest absolute Gasteiger partial charge is 0.324 e. The number of hydrogen-bond donors (Lipinski definition) is 2. The van der Waals surface area contributed by atoms with Gasteiger partial charge >= 0.3 is 6.03 Å². The summed E-state index contributed by atoms with van der Waals surface area (Å²) in [6.45, 7) is 4.89. The molecule has 1 fully saturated rings. The molecular weight excluding hydrogens is 340 g/mol. The minimum atomic E-state index is -1.18. The Hall–Kier alpha value is -2.37. The van der Waals surface area contributed by atoms with Crippen LogP contribution in [0, 0.1) is 13.8 Å². The van der Waals surface area contributed by atoms with E-state index in [9.17, 15) is 15.0 Å². The van der Waals surface area contributed by atoms with E-state index in [2.05, 4.69) is 31.2 Å². The number of nitrogens with zero attached hydrogens (tertiary/aromatic N) is 2. The van der Waals surface area contributed by atoms with Crippen LogP contribution in [0.25, 0.3) is 0 Å². The first kappa shape index (κ1) is 19.4. The molecule has 2 aromatic carbocycles. The van der Waals surface area contributed by atoms with E-state index >= 15 is 0 Å². The number of carbonyl (C=O) groups excluding carboxylic acids is 1. The van der Waals surface area contributed by atoms with Crippen molar-refractivity contribution in [1.82, 2.24) is 9.80 Å². The van der Waals surface area contributed by atoms with E-state index in [1.807, 2.05) is 31.2 Å². The first-order valence-electron chi connectivity index (χ1n) is 9.50. The Bertz CT molecular complexity index is 758. The molecule has 0 radical (unpaired) electrons. The van der Waals surface area contributed by atoms with Gasteiger partial charge in [-0.2, -0.15) is 0 Å². The predicted octanol–water partition coefficient (Wildman–Crippen LogP) is 2.85. The summed E-state index contributed by atoms with van der Waals surface area (Å²) in [6.07, 6.45) is -0.135. The largest absolute Gasteiger partial charge is 0.369 e. The van der Waals surface area contributed by atoms with Crippen LogP contribution in [0.2, 0.25) is 0 Å². The number of carbonyl (C=O) groups is 1. The highest BCUT2D eigenvalue weighted by Gasteiger charge is 2.43. The number of aliphatic hydroxyl groups excluding tert-OH is 2. The Kier molecular flexibility index (Phi) is 6.14. The number of aryl methyl sites for hydroxylation is 3. The van der Waals surface area contributed by atoms with Gasteiger partial charge in [-0.25, -0.2) is 4.79 Å². The number of benzene rings is 2. The first-order chi connectivity index (χ1) is 13.0. The third kappa shape index (κ3) is 4.67. The first-order valence-corrected chi connectivity index (χ1v) is 9.50. The van der Waals surface area contributed by atoms with Gasteiger partial charge in [0, 0.05) is 13.1 Å². The lowest BCUT2D eigenvalue weighted by Crippen LogP contribution is -2.37. The zero-order valence-electron chi connectivity index (χ0n) is 16.0. The molecule has 0 bridgehead atoms. The lowest BCUT2D eigenvalue weighted by atomic mass is 10.1. The van der Waals surface area contributed by atoms with Crippen LogP contribution in [0.15, 0.2) is 48.5 Å². The number of rotatable bonds is 7. The molecule has 3 rings (SSSR count). The van der Waals surface area contributed by atoms with Crippen molar-refractivity contribution in [2.45, 2.75) is 45.6 Å². The molecule has 5 nitrogen and oxygen atoms in total. The van der Waals surface area contributed by atoms with E-state index in [-0.39, 0.29) is 6.03 Å². The number of urea groups is 1. The fourth-order valence-electron chi connectivity index (χ4n) is 3.38. The molecule has 5 heteroatoms. The van der Waals surface area contributed by atoms with E-state index in [0.717, 1.165) is 18.4 Å². The van der Waals surface area contributed by atoms with Gasteiger partial charge in [-0.15, -0.1) is 0 Å². The average Bonchev–Trinajstić information content (AvgIpc) is 2.86. The van der Waals surface area contributed by atoms with Gasteiger partial charge in [-0.3, -0.25) is 9.80 Å². The average molecular weight is 368 g/mol. The Labute approximate surface area is 160 Å². The SMILES string of the molecule is Cc1ccc(CCCN2C(=O)N(CCc3ccc(C)cc3)C(O)C2O)cc1. The Morgan fingerprint density at radius 3 is 1.70 bits per heavy atom. The second-order valence-corrected chi connectivity index (χ2v) is 7.32. The maximum absolute atomic E-state index is 12.6. The molecule has 2 amide bonds. The van der Waals surface area contributed by atoms with Crippen molar-refractivity contribution < 1.29 is 15.0 Å². The summed E-state index contributed by atoms with van der Waals surface area (Å²) in [5, 5.41) is 20.6. The van der Waals surface area contributed by atoms with Gasteiger partial charge in [-0.05, 0) is 44.2 Å². The summed E-state index contributed by atoms with van der Waals surface area (Å²) >= 11 is 0. The molecule has 0 aromatic heterocycles. The topological polar surface area (TPSA) is 64.0 Å². The summed E-state index contributed by atoms with van der Waals surface area (Å²) in [7, 11) is 0. The standard InChI is InChI=1S/C22H28N2O3/c1-16-5-9-18(10-6-16)4-3-14-23-20(25)21(26)24(22(23)27)15-13-19-11-7-17(2)8-12-19/h5-12,20-21,25-26H,3-4,13-15H2,1-2H3. The van der Waals surface area contributed by atoms with Gasteiger partial charge in [-0.1, -0.05) is 59.7 Å². The lowest BCUT2D eigenvalue weighted by Gasteiger charge is -2.19. The van der Waals surface area contributed by atoms with Crippen molar-refractivity contribution in [3.05, 3.63) is 70.8 Å². The summed E-state index contributed by atoms with van der Waals surface area (Å²) in [4.78, 5) is 15.3. The molecule has 0 saturated carbocycles. The van der Waals surface area contributed by atoms with Crippen LogP contribution in [-0.2, 0) is 12.8 Å². The van der Waals surface area contributed by atoms with E-state index < -0.39 is 12.5 Å². The van der Waals surface area contributed by atoms with Crippen LogP contribution in [0.3, 0.4) is 0 Å². The monoisotopic (exact) mass is 368 g/mol. The number of amides is 2. The van der Waals surface area contributed by atoms with Gasteiger partial charge in [0.25, 0.3) is 0 Å². The summed E-state index contributed by atoms with van der Waals surface area (Å²) < 4.78 is 0. The zero-order chi connectivity index (χ0) is 19.4. The molecule has 27 heavy (non-hydrogen) atoms. The van der Waals surface area contributed by atoms with E-state index in [4.69, 9.17) is 0 Å². The summed E-state index contributed by atoms with van der Waals surface area (Å²) in [5.41, 5.74) is 4.72. The van der Waals surface area contributed by atoms with Crippen LogP contribution in [0.1, 0.15) is 28.7 Å². The third-order valence-electron chi connectivity index (χ3n) is 5.14. The van der Waals surface area contributed by atoms with E-state index in [0.29, 0.717) is 19.5 Å². The van der Waals surface area contributed by atoms with Crippen molar-refractivity contribution in [2.75, 3.05) is 13.1 Å². The van der Waals surface area contributed by atoms with E-state index in [1.54, 1.807) is 0 Å². The van der Waals surface area contributed by atoms with Crippen LogP contribution in [-0.4, -0.2) is 51.6 Å². The maximum Gasteiger partial charge on any atom is 0.324 e. The minimum Gasteiger partial charge on any atom is -0.369 e. The van der Waals surface area contributed by atoms with Gasteiger partial charge in [0.15, 0.2) is 12.5 Å². The third-order valence-corrected chi connectivity index (χ3v) is 5.14. The van der Waals surface area contributed by atoms with Crippen LogP contribution < -0.4 is 0 Å². The second kappa shape index (κ2) is 8.55. The predicted molar refractivity (Wildman–Crippen MR) is 105 cm³/mol. The molecule has 1 heterocycles. The molecule has 2 atom stereocenters. The highest BCUT2D eigenvalue weighted by molar-refractivity contribution is 5.77. The van der Waals surface area contributed by atoms with Crippen molar-refractivity contribution in [1.29, 1.82) is 0 Å². The molecule has 2 unspecified atom stereocenters.